The number of nitrogens with zero attached hydrogens (tertiary/aromatic N) is 2. The van der Waals surface area contributed by atoms with Gasteiger partial charge in [-0.2, -0.15) is 5.10 Å². The van der Waals surface area contributed by atoms with Gasteiger partial charge in [0.05, 0.1) is 11.7 Å². The maximum absolute atomic E-state index is 5.67. The standard InChI is InChI=1S/C13H18N4/c1-9-6-10(2)8-11(7-9)13(16-14)12-4-5-15-17(12)3/h4-8,13,16H,14H2,1-3H3. The van der Waals surface area contributed by atoms with E-state index in [0.717, 1.165) is 11.3 Å². The lowest BCUT2D eigenvalue weighted by molar-refractivity contribution is 0.574. The van der Waals surface area contributed by atoms with E-state index in [9.17, 15) is 0 Å². The number of rotatable bonds is 3. The zero-order valence-corrected chi connectivity index (χ0v) is 10.4. The molecule has 2 aromatic rings. The average molecular weight is 230 g/mol. The molecule has 17 heavy (non-hydrogen) atoms. The molecule has 0 fully saturated rings. The van der Waals surface area contributed by atoms with Crippen LogP contribution in [0, 0.1) is 13.8 Å². The number of hydrazine groups is 1. The van der Waals surface area contributed by atoms with Gasteiger partial charge in [0.15, 0.2) is 0 Å². The molecule has 4 nitrogen and oxygen atoms in total. The second-order valence-electron chi connectivity index (χ2n) is 4.40. The van der Waals surface area contributed by atoms with E-state index < -0.39 is 0 Å². The van der Waals surface area contributed by atoms with Gasteiger partial charge in [0.1, 0.15) is 0 Å². The molecule has 2 rings (SSSR count). The van der Waals surface area contributed by atoms with Crippen molar-refractivity contribution in [1.29, 1.82) is 0 Å². The summed E-state index contributed by atoms with van der Waals surface area (Å²) in [6, 6.07) is 8.39. The van der Waals surface area contributed by atoms with Crippen molar-refractivity contribution >= 4 is 0 Å². The number of hydrogen-bond acceptors (Lipinski definition) is 3. The summed E-state index contributed by atoms with van der Waals surface area (Å²) in [6.07, 6.45) is 1.78. The fourth-order valence-electron chi connectivity index (χ4n) is 2.20. The first-order chi connectivity index (χ1) is 8.11. The largest absolute Gasteiger partial charge is 0.271 e. The van der Waals surface area contributed by atoms with Crippen LogP contribution in [0.1, 0.15) is 28.4 Å². The van der Waals surface area contributed by atoms with E-state index in [2.05, 4.69) is 42.6 Å². The summed E-state index contributed by atoms with van der Waals surface area (Å²) in [4.78, 5) is 0. The number of benzene rings is 1. The smallest absolute Gasteiger partial charge is 0.0878 e. The van der Waals surface area contributed by atoms with Gasteiger partial charge in [-0.25, -0.2) is 5.43 Å². The van der Waals surface area contributed by atoms with Crippen LogP contribution in [-0.2, 0) is 7.05 Å². The third kappa shape index (κ3) is 2.38. The minimum atomic E-state index is -0.0268. The van der Waals surface area contributed by atoms with E-state index in [0.29, 0.717) is 0 Å². The molecule has 0 aliphatic carbocycles. The van der Waals surface area contributed by atoms with Crippen LogP contribution < -0.4 is 11.3 Å². The molecular weight excluding hydrogens is 212 g/mol. The number of nitrogens with two attached hydrogens (primary N) is 1. The van der Waals surface area contributed by atoms with Gasteiger partial charge in [-0.1, -0.05) is 29.3 Å². The number of aromatic nitrogens is 2. The second-order valence-corrected chi connectivity index (χ2v) is 4.40. The van der Waals surface area contributed by atoms with Crippen LogP contribution >= 0.6 is 0 Å². The Balaban J connectivity index is 2.45. The van der Waals surface area contributed by atoms with Gasteiger partial charge >= 0.3 is 0 Å². The van der Waals surface area contributed by atoms with E-state index in [1.807, 2.05) is 17.8 Å². The summed E-state index contributed by atoms with van der Waals surface area (Å²) in [5.41, 5.74) is 7.55. The van der Waals surface area contributed by atoms with Crippen LogP contribution in [0.5, 0.6) is 0 Å². The summed E-state index contributed by atoms with van der Waals surface area (Å²) in [7, 11) is 1.92. The Hall–Kier alpha value is -1.65. The van der Waals surface area contributed by atoms with Gasteiger partial charge in [-0.3, -0.25) is 10.5 Å². The highest BCUT2D eigenvalue weighted by molar-refractivity contribution is 5.34. The molecule has 1 atom stereocenters. The van der Waals surface area contributed by atoms with Crippen molar-refractivity contribution in [2.24, 2.45) is 12.9 Å². The quantitative estimate of drug-likeness (QED) is 0.622. The maximum atomic E-state index is 5.67. The number of aryl methyl sites for hydroxylation is 3. The van der Waals surface area contributed by atoms with Crippen LogP contribution in [0.25, 0.3) is 0 Å². The van der Waals surface area contributed by atoms with E-state index in [-0.39, 0.29) is 6.04 Å². The van der Waals surface area contributed by atoms with Crippen LogP contribution in [0.4, 0.5) is 0 Å². The van der Waals surface area contributed by atoms with Crippen LogP contribution in [0.2, 0.25) is 0 Å². The van der Waals surface area contributed by atoms with E-state index in [1.165, 1.54) is 11.1 Å². The minimum Gasteiger partial charge on any atom is -0.271 e. The molecule has 1 unspecified atom stereocenters. The van der Waals surface area contributed by atoms with Crippen LogP contribution in [0.3, 0.4) is 0 Å². The van der Waals surface area contributed by atoms with Crippen molar-refractivity contribution < 1.29 is 0 Å². The second kappa shape index (κ2) is 4.69. The van der Waals surface area contributed by atoms with E-state index in [4.69, 9.17) is 5.84 Å². The third-order valence-corrected chi connectivity index (χ3v) is 2.90. The van der Waals surface area contributed by atoms with Crippen molar-refractivity contribution in [3.63, 3.8) is 0 Å². The van der Waals surface area contributed by atoms with Crippen molar-refractivity contribution in [1.82, 2.24) is 15.2 Å². The Kier molecular flexibility index (Phi) is 3.26. The average Bonchev–Trinajstić information content (AvgIpc) is 2.65. The molecule has 90 valence electrons. The summed E-state index contributed by atoms with van der Waals surface area (Å²) in [5.74, 6) is 5.67. The highest BCUT2D eigenvalue weighted by Gasteiger charge is 2.16. The molecule has 1 heterocycles. The van der Waals surface area contributed by atoms with Crippen molar-refractivity contribution in [2.75, 3.05) is 0 Å². The van der Waals surface area contributed by atoms with Crippen LogP contribution in [-0.4, -0.2) is 9.78 Å². The van der Waals surface area contributed by atoms with Crippen LogP contribution in [0.15, 0.2) is 30.5 Å². The Morgan fingerprint density at radius 2 is 1.88 bits per heavy atom. The number of hydrogen-bond donors (Lipinski definition) is 2. The topological polar surface area (TPSA) is 55.9 Å². The first-order valence-corrected chi connectivity index (χ1v) is 5.64. The highest BCUT2D eigenvalue weighted by Crippen LogP contribution is 2.22. The van der Waals surface area contributed by atoms with Gasteiger partial charge in [-0.15, -0.1) is 0 Å². The number of nitrogens with one attached hydrogen (secondary N) is 1. The molecule has 0 bridgehead atoms. The van der Waals surface area contributed by atoms with E-state index >= 15 is 0 Å². The predicted octanol–water partition coefficient (Wildman–Crippen LogP) is 1.59. The zero-order chi connectivity index (χ0) is 12.4. The molecule has 0 aliphatic rings. The Morgan fingerprint density at radius 1 is 1.24 bits per heavy atom. The molecule has 1 aromatic heterocycles. The lowest BCUT2D eigenvalue weighted by Crippen LogP contribution is -2.30. The molecule has 0 spiro atoms. The Bertz CT molecular complexity index is 496. The van der Waals surface area contributed by atoms with Crippen molar-refractivity contribution in [2.45, 2.75) is 19.9 Å². The highest BCUT2D eigenvalue weighted by atomic mass is 15.3. The molecular formula is C13H18N4. The molecule has 0 aliphatic heterocycles. The van der Waals surface area contributed by atoms with Gasteiger partial charge in [0, 0.05) is 13.2 Å². The fourth-order valence-corrected chi connectivity index (χ4v) is 2.20. The molecule has 4 heteroatoms. The first-order valence-electron chi connectivity index (χ1n) is 5.64. The summed E-state index contributed by atoms with van der Waals surface area (Å²) in [6.45, 7) is 4.18. The zero-order valence-electron chi connectivity index (χ0n) is 10.4. The maximum Gasteiger partial charge on any atom is 0.0878 e. The van der Waals surface area contributed by atoms with Gasteiger partial charge in [-0.05, 0) is 25.5 Å². The van der Waals surface area contributed by atoms with Gasteiger partial charge in [0.25, 0.3) is 0 Å². The molecule has 0 amide bonds. The van der Waals surface area contributed by atoms with Crippen molar-refractivity contribution in [3.05, 3.63) is 52.8 Å². The first kappa shape index (κ1) is 11.8. The molecule has 1 aromatic carbocycles. The van der Waals surface area contributed by atoms with E-state index in [1.54, 1.807) is 6.20 Å². The summed E-state index contributed by atoms with van der Waals surface area (Å²) >= 11 is 0. The molecule has 0 radical (unpaired) electrons. The Labute approximate surface area is 101 Å². The minimum absolute atomic E-state index is 0.0268. The van der Waals surface area contributed by atoms with Crippen molar-refractivity contribution in [3.8, 4) is 0 Å². The van der Waals surface area contributed by atoms with Gasteiger partial charge < -0.3 is 0 Å². The lowest BCUT2D eigenvalue weighted by atomic mass is 9.99. The molecule has 0 saturated heterocycles. The normalized spacial score (nSPS) is 12.7. The fraction of sp³-hybridized carbons (Fsp3) is 0.308. The summed E-state index contributed by atoms with van der Waals surface area (Å²) in [5, 5.41) is 4.18. The lowest BCUT2D eigenvalue weighted by Gasteiger charge is -2.18. The third-order valence-electron chi connectivity index (χ3n) is 2.90. The predicted molar refractivity (Wildman–Crippen MR) is 68.3 cm³/mol. The SMILES string of the molecule is Cc1cc(C)cc(C(NN)c2ccnn2C)c1. The molecule has 3 N–H and O–H groups in total. The monoisotopic (exact) mass is 230 g/mol. The Morgan fingerprint density at radius 3 is 2.35 bits per heavy atom. The summed E-state index contributed by atoms with van der Waals surface area (Å²) < 4.78 is 1.84. The van der Waals surface area contributed by atoms with Gasteiger partial charge in [0.2, 0.25) is 0 Å². The molecule has 0 saturated carbocycles.